The fourth-order valence-electron chi connectivity index (χ4n) is 2.98. The Balaban J connectivity index is 1.76. The molecule has 0 aliphatic rings. The Bertz CT molecular complexity index is 987. The Morgan fingerprint density at radius 1 is 1.24 bits per heavy atom. The van der Waals surface area contributed by atoms with Crippen LogP contribution in [-0.4, -0.2) is 35.1 Å². The molecule has 0 saturated carbocycles. The number of amides is 1. The zero-order chi connectivity index (χ0) is 20.8. The molecule has 0 fully saturated rings. The average molecular weight is 398 g/mol. The number of ether oxygens (including phenoxy) is 1. The first-order valence-corrected chi connectivity index (χ1v) is 8.80. The molecule has 0 spiro atoms. The molecule has 1 heterocycles. The van der Waals surface area contributed by atoms with Crippen LogP contribution >= 0.6 is 0 Å². The van der Waals surface area contributed by atoms with Gasteiger partial charge in [-0.1, -0.05) is 24.3 Å². The van der Waals surface area contributed by atoms with Crippen LogP contribution in [0.25, 0.3) is 11.1 Å². The number of carboxylic acids is 1. The van der Waals surface area contributed by atoms with Crippen LogP contribution < -0.4 is 10.1 Å². The normalized spacial score (nSPS) is 11.7. The SMILES string of the molecule is COc1ccc(F)cc1-c1ccc(CC(CC(=O)O)NC(=O)c2cnco2)cc1. The van der Waals surface area contributed by atoms with Crippen molar-refractivity contribution in [2.45, 2.75) is 18.9 Å². The molecule has 0 radical (unpaired) electrons. The van der Waals surface area contributed by atoms with Gasteiger partial charge in [-0.2, -0.15) is 0 Å². The summed E-state index contributed by atoms with van der Waals surface area (Å²) in [6.45, 7) is 0. The van der Waals surface area contributed by atoms with Crippen LogP contribution in [0.2, 0.25) is 0 Å². The molecule has 0 saturated heterocycles. The first kappa shape index (κ1) is 20.1. The second-order valence-electron chi connectivity index (χ2n) is 6.38. The maximum absolute atomic E-state index is 13.6. The van der Waals surface area contributed by atoms with Gasteiger partial charge in [-0.15, -0.1) is 0 Å². The highest BCUT2D eigenvalue weighted by molar-refractivity contribution is 5.91. The summed E-state index contributed by atoms with van der Waals surface area (Å²) in [5.74, 6) is -1.39. The molecule has 150 valence electrons. The fourth-order valence-corrected chi connectivity index (χ4v) is 2.98. The van der Waals surface area contributed by atoms with Crippen LogP contribution in [0.3, 0.4) is 0 Å². The third-order valence-corrected chi connectivity index (χ3v) is 4.32. The lowest BCUT2D eigenvalue weighted by Crippen LogP contribution is -2.38. The summed E-state index contributed by atoms with van der Waals surface area (Å²) in [5.41, 5.74) is 2.18. The molecule has 29 heavy (non-hydrogen) atoms. The summed E-state index contributed by atoms with van der Waals surface area (Å²) >= 11 is 0. The van der Waals surface area contributed by atoms with E-state index in [0.29, 0.717) is 17.7 Å². The second kappa shape index (κ2) is 9.01. The number of aliphatic carboxylic acids is 1. The lowest BCUT2D eigenvalue weighted by atomic mass is 9.98. The highest BCUT2D eigenvalue weighted by Crippen LogP contribution is 2.30. The maximum atomic E-state index is 13.6. The van der Waals surface area contributed by atoms with Crippen LogP contribution in [0.4, 0.5) is 4.39 Å². The number of carbonyl (C=O) groups is 2. The van der Waals surface area contributed by atoms with E-state index in [1.54, 1.807) is 30.3 Å². The largest absolute Gasteiger partial charge is 0.496 e. The van der Waals surface area contributed by atoms with Gasteiger partial charge in [-0.25, -0.2) is 9.37 Å². The predicted molar refractivity (Wildman–Crippen MR) is 102 cm³/mol. The lowest BCUT2D eigenvalue weighted by Gasteiger charge is -2.17. The van der Waals surface area contributed by atoms with Gasteiger partial charge in [-0.3, -0.25) is 9.59 Å². The number of nitrogens with zero attached hydrogens (tertiary/aromatic N) is 1. The number of hydrogen-bond donors (Lipinski definition) is 2. The third-order valence-electron chi connectivity index (χ3n) is 4.32. The number of methoxy groups -OCH3 is 1. The molecule has 2 N–H and O–H groups in total. The van der Waals surface area contributed by atoms with Gasteiger partial charge in [0, 0.05) is 11.6 Å². The van der Waals surface area contributed by atoms with Gasteiger partial charge in [0.1, 0.15) is 11.6 Å². The van der Waals surface area contributed by atoms with Crippen molar-refractivity contribution >= 4 is 11.9 Å². The van der Waals surface area contributed by atoms with Crippen molar-refractivity contribution in [2.24, 2.45) is 0 Å². The van der Waals surface area contributed by atoms with E-state index < -0.39 is 17.9 Å². The van der Waals surface area contributed by atoms with Gasteiger partial charge in [0.25, 0.3) is 5.91 Å². The minimum absolute atomic E-state index is 0.00827. The molecule has 3 rings (SSSR count). The third kappa shape index (κ3) is 5.19. The quantitative estimate of drug-likeness (QED) is 0.604. The van der Waals surface area contributed by atoms with Crippen molar-refractivity contribution < 1.29 is 28.2 Å². The zero-order valence-electron chi connectivity index (χ0n) is 15.6. The number of carbonyl (C=O) groups excluding carboxylic acids is 1. The summed E-state index contributed by atoms with van der Waals surface area (Å²) in [4.78, 5) is 27.0. The Labute approximate surface area is 166 Å². The first-order chi connectivity index (χ1) is 14.0. The molecular weight excluding hydrogens is 379 g/mol. The average Bonchev–Trinajstić information content (AvgIpc) is 3.23. The summed E-state index contributed by atoms with van der Waals surface area (Å²) in [6.07, 6.45) is 2.43. The number of rotatable bonds is 8. The standard InChI is InChI=1S/C21H19FN2O5/c1-28-18-7-6-15(22)9-17(18)14-4-2-13(3-5-14)8-16(10-20(25)26)24-21(27)19-11-23-12-29-19/h2-7,9,11-12,16H,8,10H2,1H3,(H,24,27)(H,25,26). The number of carboxylic acid groups (broad SMARTS) is 1. The number of oxazole rings is 1. The van der Waals surface area contributed by atoms with Crippen LogP contribution in [0.5, 0.6) is 5.75 Å². The highest BCUT2D eigenvalue weighted by atomic mass is 19.1. The molecule has 8 heteroatoms. The lowest BCUT2D eigenvalue weighted by molar-refractivity contribution is -0.137. The van der Waals surface area contributed by atoms with Gasteiger partial charge in [0.05, 0.1) is 19.7 Å². The van der Waals surface area contributed by atoms with Gasteiger partial charge in [0.15, 0.2) is 6.39 Å². The molecule has 3 aromatic rings. The van der Waals surface area contributed by atoms with E-state index in [2.05, 4.69) is 10.3 Å². The van der Waals surface area contributed by atoms with Crippen molar-refractivity contribution in [3.8, 4) is 16.9 Å². The first-order valence-electron chi connectivity index (χ1n) is 8.80. The summed E-state index contributed by atoms with van der Waals surface area (Å²) in [5, 5.41) is 11.8. The van der Waals surface area contributed by atoms with E-state index in [0.717, 1.165) is 17.5 Å². The number of aromatic nitrogens is 1. The molecule has 0 bridgehead atoms. The Morgan fingerprint density at radius 2 is 2.00 bits per heavy atom. The van der Waals surface area contributed by atoms with Crippen molar-refractivity contribution in [1.29, 1.82) is 0 Å². The monoisotopic (exact) mass is 398 g/mol. The smallest absolute Gasteiger partial charge is 0.305 e. The van der Waals surface area contributed by atoms with Crippen LogP contribution in [0.15, 0.2) is 59.5 Å². The molecular formula is C21H19FN2O5. The second-order valence-corrected chi connectivity index (χ2v) is 6.38. The Kier molecular flexibility index (Phi) is 6.23. The highest BCUT2D eigenvalue weighted by Gasteiger charge is 2.19. The van der Waals surface area contributed by atoms with Crippen LogP contribution in [0.1, 0.15) is 22.5 Å². The predicted octanol–water partition coefficient (Wildman–Crippen LogP) is 3.31. The van der Waals surface area contributed by atoms with E-state index >= 15 is 0 Å². The molecule has 1 unspecified atom stereocenters. The van der Waals surface area contributed by atoms with Crippen molar-refractivity contribution in [3.05, 3.63) is 72.2 Å². The van der Waals surface area contributed by atoms with Crippen molar-refractivity contribution in [1.82, 2.24) is 10.3 Å². The summed E-state index contributed by atoms with van der Waals surface area (Å²) in [7, 11) is 1.51. The van der Waals surface area contributed by atoms with Gasteiger partial charge < -0.3 is 19.6 Å². The molecule has 0 aliphatic carbocycles. The van der Waals surface area contributed by atoms with E-state index in [9.17, 15) is 14.0 Å². The van der Waals surface area contributed by atoms with E-state index in [1.165, 1.54) is 25.4 Å². The van der Waals surface area contributed by atoms with Crippen molar-refractivity contribution in [2.75, 3.05) is 7.11 Å². The minimum atomic E-state index is -1.03. The topological polar surface area (TPSA) is 102 Å². The van der Waals surface area contributed by atoms with Gasteiger partial charge >= 0.3 is 5.97 Å². The number of halogens is 1. The Morgan fingerprint density at radius 3 is 2.62 bits per heavy atom. The molecule has 2 aromatic carbocycles. The Hall–Kier alpha value is -3.68. The van der Waals surface area contributed by atoms with Crippen LogP contribution in [-0.2, 0) is 11.2 Å². The van der Waals surface area contributed by atoms with Gasteiger partial charge in [0.2, 0.25) is 5.76 Å². The molecule has 1 amide bonds. The molecule has 0 aliphatic heterocycles. The van der Waals surface area contributed by atoms with Crippen molar-refractivity contribution in [3.63, 3.8) is 0 Å². The molecule has 1 atom stereocenters. The maximum Gasteiger partial charge on any atom is 0.305 e. The minimum Gasteiger partial charge on any atom is -0.496 e. The molecule has 1 aromatic heterocycles. The number of benzene rings is 2. The zero-order valence-corrected chi connectivity index (χ0v) is 15.6. The summed E-state index contributed by atoms with van der Waals surface area (Å²) < 4.78 is 23.8. The number of nitrogens with one attached hydrogen (secondary N) is 1. The van der Waals surface area contributed by atoms with Gasteiger partial charge in [-0.05, 0) is 35.7 Å². The van der Waals surface area contributed by atoms with E-state index in [1.807, 2.05) is 0 Å². The summed E-state index contributed by atoms with van der Waals surface area (Å²) in [6, 6.07) is 10.8. The van der Waals surface area contributed by atoms with E-state index in [4.69, 9.17) is 14.3 Å². The number of hydrogen-bond acceptors (Lipinski definition) is 5. The van der Waals surface area contributed by atoms with Crippen LogP contribution in [0, 0.1) is 5.82 Å². The fraction of sp³-hybridized carbons (Fsp3) is 0.190. The molecule has 7 nitrogen and oxygen atoms in total. The van der Waals surface area contributed by atoms with E-state index in [-0.39, 0.29) is 18.0 Å².